The van der Waals surface area contributed by atoms with Crippen LogP contribution in [0.1, 0.15) is 120 Å². The van der Waals surface area contributed by atoms with Gasteiger partial charge in [-0.25, -0.2) is 17.6 Å². The van der Waals surface area contributed by atoms with Gasteiger partial charge < -0.3 is 37.2 Å². The molecule has 2 fully saturated rings. The van der Waals surface area contributed by atoms with Crippen LogP contribution in [0.2, 0.25) is 0 Å². The number of pyridine rings is 4. The van der Waals surface area contributed by atoms with Crippen LogP contribution in [0.5, 0.6) is 23.0 Å². The highest BCUT2D eigenvalue weighted by Crippen LogP contribution is 2.40. The van der Waals surface area contributed by atoms with Gasteiger partial charge in [-0.15, -0.1) is 0 Å². The van der Waals surface area contributed by atoms with E-state index in [1.165, 1.54) is 156 Å². The molecule has 0 spiro atoms. The molecule has 0 atom stereocenters. The molecule has 10 aromatic carbocycles. The zero-order valence-electron chi connectivity index (χ0n) is 68.2. The van der Waals surface area contributed by atoms with E-state index in [9.17, 15) is 17.6 Å². The van der Waals surface area contributed by atoms with Crippen LogP contribution in [-0.2, 0) is 46.0 Å². The molecule has 2 saturated carbocycles. The summed E-state index contributed by atoms with van der Waals surface area (Å²) in [5.41, 5.74) is 19.1. The number of halogens is 4. The number of fused-ring (bicyclic) bond motifs is 12. The van der Waals surface area contributed by atoms with Gasteiger partial charge in [-0.1, -0.05) is 148 Å². The van der Waals surface area contributed by atoms with E-state index >= 15 is 0 Å². The standard InChI is InChI=1S/2C26H20F2N2O.C26H34N2O.C26H22N2O/c1-17-26-24(12-13-29-17)23-11-10-22(31-16-19-4-8-21(28)9-5-19)14-25(23)30(26)15-18-2-6-20(27)7-3-18;1-17-26-24(10-11-29-17)23-9-8-22(31-16-19-5-3-7-21(28)13-19)14-25(23)30(26)15-18-4-2-6-20(27)12-18;2*1-19-26-24(14-15-27-19)23-13-12-22(29-18-21-10-6-3-7-11-21)16-25(23)28(26)17-20-8-4-2-5-9-20/h2*2-14H,15-16H2,1H3;12-16,20-21H,2-11,17-18H2,1H3;2-16H,17-18H2,1H3. The molecule has 20 rings (SSSR count). The van der Waals surface area contributed by atoms with Crippen LogP contribution in [-0.4, -0.2) is 44.8 Å². The summed E-state index contributed by atoms with van der Waals surface area (Å²) in [6.07, 6.45) is 21.2. The van der Waals surface area contributed by atoms with E-state index in [1.54, 1.807) is 48.7 Å². The van der Waals surface area contributed by atoms with E-state index in [0.717, 1.165) is 143 Å². The van der Waals surface area contributed by atoms with Crippen LogP contribution in [0.4, 0.5) is 17.6 Å². The van der Waals surface area contributed by atoms with Gasteiger partial charge in [0, 0.05) is 118 Å². The fourth-order valence-electron chi connectivity index (χ4n) is 17.7. The first kappa shape index (κ1) is 79.4. The van der Waals surface area contributed by atoms with Crippen LogP contribution < -0.4 is 18.9 Å². The van der Waals surface area contributed by atoms with Gasteiger partial charge in [0.05, 0.1) is 73.5 Å². The highest BCUT2D eigenvalue weighted by molar-refractivity contribution is 6.12. The second-order valence-electron chi connectivity index (χ2n) is 31.9. The molecule has 0 aliphatic heterocycles. The van der Waals surface area contributed by atoms with Crippen molar-refractivity contribution >= 4 is 87.2 Å². The summed E-state index contributed by atoms with van der Waals surface area (Å²) in [5, 5.41) is 9.54. The summed E-state index contributed by atoms with van der Waals surface area (Å²) in [5.74, 6) is 3.79. The Hall–Kier alpha value is -13.1. The smallest absolute Gasteiger partial charge is 0.123 e. The van der Waals surface area contributed by atoms with Crippen molar-refractivity contribution < 1.29 is 36.5 Å². The summed E-state index contributed by atoms with van der Waals surface area (Å²) in [4.78, 5) is 18.1. The number of aryl methyl sites for hydroxylation is 4. The van der Waals surface area contributed by atoms with Gasteiger partial charge in [-0.05, 0) is 220 Å². The lowest BCUT2D eigenvalue weighted by Gasteiger charge is -2.23. The van der Waals surface area contributed by atoms with E-state index in [-0.39, 0.29) is 29.9 Å². The topological polar surface area (TPSA) is 108 Å². The Bertz CT molecular complexity index is 6630. The lowest BCUT2D eigenvalue weighted by molar-refractivity contribution is 0.209. The Morgan fingerprint density at radius 3 is 1.02 bits per heavy atom. The molecule has 18 aromatic rings. The molecule has 8 heterocycles. The van der Waals surface area contributed by atoms with Gasteiger partial charge >= 0.3 is 0 Å². The number of rotatable bonds is 20. The molecule has 604 valence electrons. The first-order chi connectivity index (χ1) is 58.7. The molecule has 0 saturated heterocycles. The average Bonchev–Trinajstić information content (AvgIpc) is 1.62. The van der Waals surface area contributed by atoms with Crippen molar-refractivity contribution in [1.29, 1.82) is 0 Å². The van der Waals surface area contributed by atoms with E-state index < -0.39 is 0 Å². The lowest BCUT2D eigenvalue weighted by Crippen LogP contribution is -2.15. The minimum atomic E-state index is -0.283. The SMILES string of the molecule is Cc1nccc2c3ccc(OCC4CCCCC4)cc3n(CC3CCCCC3)c12.Cc1nccc2c3ccc(OCc4ccc(F)cc4)cc3n(Cc3ccc(F)cc3)c12.Cc1nccc2c3ccc(OCc4cccc(F)c4)cc3n(Cc3cccc(F)c3)c12.Cc1nccc2c3ccc(OCc4ccccc4)cc3n(Cc3ccccc3)c12. The maximum Gasteiger partial charge on any atom is 0.123 e. The van der Waals surface area contributed by atoms with Crippen molar-refractivity contribution in [3.8, 4) is 23.0 Å². The summed E-state index contributed by atoms with van der Waals surface area (Å²) in [7, 11) is 0. The van der Waals surface area contributed by atoms with Crippen molar-refractivity contribution in [2.75, 3.05) is 6.61 Å². The Kier molecular flexibility index (Phi) is 24.1. The number of aromatic nitrogens is 8. The third kappa shape index (κ3) is 18.0. The number of benzene rings is 10. The predicted molar refractivity (Wildman–Crippen MR) is 475 cm³/mol. The predicted octanol–water partition coefficient (Wildman–Crippen LogP) is 26.0. The molecular weight excluding hydrogens is 1500 g/mol. The molecule has 0 bridgehead atoms. The Morgan fingerprint density at radius 2 is 0.600 bits per heavy atom. The quantitative estimate of drug-likeness (QED) is 0.0695. The molecule has 0 N–H and O–H groups in total. The molecular formula is C104H96F4N8O4. The third-order valence-electron chi connectivity index (χ3n) is 23.6. The zero-order valence-corrected chi connectivity index (χ0v) is 68.2. The lowest BCUT2D eigenvalue weighted by atomic mass is 9.89. The van der Waals surface area contributed by atoms with Gasteiger partial charge in [0.2, 0.25) is 0 Å². The van der Waals surface area contributed by atoms with E-state index in [1.807, 2.05) is 105 Å². The average molecular weight is 1600 g/mol. The Balaban J connectivity index is 0.000000114. The van der Waals surface area contributed by atoms with Crippen LogP contribution in [0.3, 0.4) is 0 Å². The fourth-order valence-corrected chi connectivity index (χ4v) is 17.7. The molecule has 12 nitrogen and oxygen atoms in total. The van der Waals surface area contributed by atoms with Crippen molar-refractivity contribution in [2.24, 2.45) is 11.8 Å². The summed E-state index contributed by atoms with van der Waals surface area (Å²) >= 11 is 0. The summed E-state index contributed by atoms with van der Waals surface area (Å²) < 4.78 is 87.4. The number of hydrogen-bond donors (Lipinski definition) is 0. The van der Waals surface area contributed by atoms with E-state index in [4.69, 9.17) is 18.9 Å². The van der Waals surface area contributed by atoms with Crippen molar-refractivity contribution in [3.63, 3.8) is 0 Å². The zero-order chi connectivity index (χ0) is 82.0. The van der Waals surface area contributed by atoms with Gasteiger partial charge in [0.1, 0.15) is 66.1 Å². The first-order valence-corrected chi connectivity index (χ1v) is 41.8. The Labute approximate surface area is 696 Å². The monoisotopic (exact) mass is 1600 g/mol. The largest absolute Gasteiger partial charge is 0.493 e. The second kappa shape index (κ2) is 36.4. The Morgan fingerprint density at radius 1 is 0.275 bits per heavy atom. The van der Waals surface area contributed by atoms with Gasteiger partial charge in [-0.2, -0.15) is 0 Å². The van der Waals surface area contributed by atoms with Crippen LogP contribution >= 0.6 is 0 Å². The molecule has 0 radical (unpaired) electrons. The highest BCUT2D eigenvalue weighted by Gasteiger charge is 2.23. The number of ether oxygens (including phenoxy) is 4. The third-order valence-corrected chi connectivity index (χ3v) is 23.6. The number of hydrogen-bond acceptors (Lipinski definition) is 8. The first-order valence-electron chi connectivity index (χ1n) is 41.8. The van der Waals surface area contributed by atoms with Gasteiger partial charge in [0.25, 0.3) is 0 Å². The van der Waals surface area contributed by atoms with Gasteiger partial charge in [-0.3, -0.25) is 19.9 Å². The summed E-state index contributed by atoms with van der Waals surface area (Å²) in [6, 6.07) is 80.0. The summed E-state index contributed by atoms with van der Waals surface area (Å²) in [6.45, 7) is 13.3. The minimum Gasteiger partial charge on any atom is -0.493 e. The molecule has 120 heavy (non-hydrogen) atoms. The maximum atomic E-state index is 13.8. The molecule has 0 unspecified atom stereocenters. The van der Waals surface area contributed by atoms with Crippen molar-refractivity contribution in [1.82, 2.24) is 38.2 Å². The van der Waals surface area contributed by atoms with Crippen LogP contribution in [0, 0.1) is 62.8 Å². The normalized spacial score (nSPS) is 13.2. The van der Waals surface area contributed by atoms with Crippen LogP contribution in [0.25, 0.3) is 87.2 Å². The molecule has 16 heteroatoms. The molecule has 2 aliphatic rings. The van der Waals surface area contributed by atoms with Crippen molar-refractivity contribution in [3.05, 3.63) is 359 Å². The van der Waals surface area contributed by atoms with E-state index in [0.29, 0.717) is 32.1 Å². The van der Waals surface area contributed by atoms with Gasteiger partial charge in [0.15, 0.2) is 0 Å². The maximum absolute atomic E-state index is 13.8. The second-order valence-corrected chi connectivity index (χ2v) is 31.9. The van der Waals surface area contributed by atoms with Crippen molar-refractivity contribution in [2.45, 2.75) is 138 Å². The van der Waals surface area contributed by atoms with Crippen LogP contribution in [0.15, 0.2) is 280 Å². The molecule has 2 aliphatic carbocycles. The molecule has 8 aromatic heterocycles. The number of nitrogens with zero attached hydrogens (tertiary/aromatic N) is 8. The fraction of sp³-hybridized carbons (Fsp3) is 0.231. The minimum absolute atomic E-state index is 0.250. The molecule has 0 amide bonds. The highest BCUT2D eigenvalue weighted by atomic mass is 19.1. The van der Waals surface area contributed by atoms with E-state index in [2.05, 4.69) is 149 Å².